The molecule has 0 atom stereocenters. The lowest BCUT2D eigenvalue weighted by Crippen LogP contribution is -1.93. The van der Waals surface area contributed by atoms with Crippen LogP contribution in [0.3, 0.4) is 0 Å². The molecule has 6 nitrogen and oxygen atoms in total. The molecule has 2 aromatic rings. The van der Waals surface area contributed by atoms with E-state index < -0.39 is 5.97 Å². The minimum absolute atomic E-state index is 0.161. The molecule has 1 aromatic heterocycles. The predicted octanol–water partition coefficient (Wildman–Crippen LogP) is 1.69. The van der Waals surface area contributed by atoms with Crippen molar-refractivity contribution in [2.24, 2.45) is 0 Å². The van der Waals surface area contributed by atoms with Gasteiger partial charge in [0.15, 0.2) is 17.4 Å². The molecule has 18 heavy (non-hydrogen) atoms. The molecule has 92 valence electrons. The topological polar surface area (TPSA) is 81.8 Å². The first-order valence-corrected chi connectivity index (χ1v) is 5.29. The normalized spacial score (nSPS) is 12.7. The smallest absolute Gasteiger partial charge is 0.373 e. The van der Waals surface area contributed by atoms with Crippen molar-refractivity contribution in [3.63, 3.8) is 0 Å². The van der Waals surface area contributed by atoms with Gasteiger partial charge in [-0.05, 0) is 17.7 Å². The second-order valence-electron chi connectivity index (χ2n) is 3.79. The van der Waals surface area contributed by atoms with Gasteiger partial charge in [-0.15, -0.1) is 0 Å². The first-order valence-electron chi connectivity index (χ1n) is 5.29. The summed E-state index contributed by atoms with van der Waals surface area (Å²) < 4.78 is 15.5. The fraction of sp³-hybridized carbons (Fsp3) is 0.167. The van der Waals surface area contributed by atoms with E-state index in [0.29, 0.717) is 23.8 Å². The zero-order valence-corrected chi connectivity index (χ0v) is 9.25. The zero-order chi connectivity index (χ0) is 12.5. The predicted molar refractivity (Wildman–Crippen MR) is 58.8 cm³/mol. The maximum absolute atomic E-state index is 10.6. The van der Waals surface area contributed by atoms with E-state index in [4.69, 9.17) is 19.0 Å². The SMILES string of the molecule is O=C(O)c1cnc(Cc2ccc3c(c2)OCO3)o1. The van der Waals surface area contributed by atoms with Crippen molar-refractivity contribution in [1.82, 2.24) is 4.98 Å². The number of carboxylic acids is 1. The van der Waals surface area contributed by atoms with Crippen LogP contribution < -0.4 is 9.47 Å². The monoisotopic (exact) mass is 247 g/mol. The average molecular weight is 247 g/mol. The highest BCUT2D eigenvalue weighted by Crippen LogP contribution is 2.32. The lowest BCUT2D eigenvalue weighted by atomic mass is 10.1. The second-order valence-corrected chi connectivity index (χ2v) is 3.79. The van der Waals surface area contributed by atoms with Gasteiger partial charge in [0.2, 0.25) is 12.6 Å². The van der Waals surface area contributed by atoms with Gasteiger partial charge in [0.1, 0.15) is 0 Å². The molecule has 0 bridgehead atoms. The fourth-order valence-corrected chi connectivity index (χ4v) is 1.72. The van der Waals surface area contributed by atoms with E-state index in [1.807, 2.05) is 12.1 Å². The minimum Gasteiger partial charge on any atom is -0.475 e. The van der Waals surface area contributed by atoms with Crippen molar-refractivity contribution in [3.8, 4) is 11.5 Å². The van der Waals surface area contributed by atoms with Crippen LogP contribution in [0.2, 0.25) is 0 Å². The van der Waals surface area contributed by atoms with Crippen molar-refractivity contribution >= 4 is 5.97 Å². The molecule has 0 radical (unpaired) electrons. The quantitative estimate of drug-likeness (QED) is 0.888. The van der Waals surface area contributed by atoms with Crippen LogP contribution >= 0.6 is 0 Å². The highest BCUT2D eigenvalue weighted by molar-refractivity contribution is 5.83. The van der Waals surface area contributed by atoms with E-state index in [1.165, 1.54) is 6.20 Å². The van der Waals surface area contributed by atoms with E-state index in [9.17, 15) is 4.79 Å². The molecule has 1 aliphatic rings. The van der Waals surface area contributed by atoms with Crippen LogP contribution in [0.5, 0.6) is 11.5 Å². The van der Waals surface area contributed by atoms with E-state index in [0.717, 1.165) is 5.56 Å². The minimum atomic E-state index is -1.13. The molecule has 2 heterocycles. The Balaban J connectivity index is 1.81. The number of aromatic carboxylic acids is 1. The largest absolute Gasteiger partial charge is 0.475 e. The Hall–Kier alpha value is -2.50. The van der Waals surface area contributed by atoms with Gasteiger partial charge in [0.05, 0.1) is 6.20 Å². The summed E-state index contributed by atoms with van der Waals surface area (Å²) in [5.74, 6) is 0.450. The number of hydrogen-bond donors (Lipinski definition) is 1. The van der Waals surface area contributed by atoms with Crippen LogP contribution in [0, 0.1) is 0 Å². The molecular formula is C12H9NO5. The zero-order valence-electron chi connectivity index (χ0n) is 9.25. The number of rotatable bonds is 3. The highest BCUT2D eigenvalue weighted by atomic mass is 16.7. The number of benzene rings is 1. The first kappa shape index (κ1) is 10.6. The van der Waals surface area contributed by atoms with Crippen molar-refractivity contribution in [3.05, 3.63) is 41.6 Å². The fourth-order valence-electron chi connectivity index (χ4n) is 1.72. The van der Waals surface area contributed by atoms with Gasteiger partial charge in [-0.2, -0.15) is 0 Å². The van der Waals surface area contributed by atoms with Gasteiger partial charge in [0.25, 0.3) is 0 Å². The Bertz CT molecular complexity index is 604. The summed E-state index contributed by atoms with van der Waals surface area (Å²) in [7, 11) is 0. The lowest BCUT2D eigenvalue weighted by molar-refractivity contribution is 0.0660. The lowest BCUT2D eigenvalue weighted by Gasteiger charge is -2.00. The van der Waals surface area contributed by atoms with E-state index in [1.54, 1.807) is 6.07 Å². The third-order valence-electron chi connectivity index (χ3n) is 2.56. The molecule has 0 aliphatic carbocycles. The van der Waals surface area contributed by atoms with Gasteiger partial charge >= 0.3 is 5.97 Å². The van der Waals surface area contributed by atoms with Crippen molar-refractivity contribution in [2.45, 2.75) is 6.42 Å². The van der Waals surface area contributed by atoms with Crippen LogP contribution in [0.25, 0.3) is 0 Å². The van der Waals surface area contributed by atoms with E-state index in [2.05, 4.69) is 4.98 Å². The molecule has 0 spiro atoms. The van der Waals surface area contributed by atoms with Crippen LogP contribution in [-0.4, -0.2) is 22.9 Å². The molecule has 1 N–H and O–H groups in total. The number of nitrogens with zero attached hydrogens (tertiary/aromatic N) is 1. The van der Waals surface area contributed by atoms with Gasteiger partial charge in [-0.25, -0.2) is 9.78 Å². The average Bonchev–Trinajstić information content (AvgIpc) is 2.96. The third-order valence-corrected chi connectivity index (χ3v) is 2.56. The van der Waals surface area contributed by atoms with Crippen LogP contribution in [0.4, 0.5) is 0 Å². The standard InChI is InChI=1S/C12H9NO5/c14-12(15)10-5-13-11(18-10)4-7-1-2-8-9(3-7)17-6-16-8/h1-3,5H,4,6H2,(H,14,15). The van der Waals surface area contributed by atoms with Crippen molar-refractivity contribution < 1.29 is 23.8 Å². The van der Waals surface area contributed by atoms with Gasteiger partial charge < -0.3 is 19.0 Å². The third kappa shape index (κ3) is 1.88. The van der Waals surface area contributed by atoms with Crippen molar-refractivity contribution in [1.29, 1.82) is 0 Å². The van der Waals surface area contributed by atoms with Crippen molar-refractivity contribution in [2.75, 3.05) is 6.79 Å². The maximum Gasteiger partial charge on any atom is 0.373 e. The van der Waals surface area contributed by atoms with E-state index in [-0.39, 0.29) is 12.6 Å². The molecule has 0 amide bonds. The van der Waals surface area contributed by atoms with Crippen LogP contribution in [0.1, 0.15) is 22.0 Å². The van der Waals surface area contributed by atoms with Gasteiger partial charge in [0, 0.05) is 6.42 Å². The number of carboxylic acid groups (broad SMARTS) is 1. The Morgan fingerprint density at radius 3 is 2.94 bits per heavy atom. The van der Waals surface area contributed by atoms with E-state index >= 15 is 0 Å². The summed E-state index contributed by atoms with van der Waals surface area (Å²) in [5.41, 5.74) is 0.915. The van der Waals surface area contributed by atoms with Gasteiger partial charge in [-0.1, -0.05) is 6.07 Å². The Morgan fingerprint density at radius 1 is 1.33 bits per heavy atom. The maximum atomic E-state index is 10.6. The van der Waals surface area contributed by atoms with Crippen LogP contribution in [-0.2, 0) is 6.42 Å². The number of carbonyl (C=O) groups is 1. The summed E-state index contributed by atoms with van der Waals surface area (Å²) in [6, 6.07) is 5.49. The number of oxazole rings is 1. The molecule has 0 fully saturated rings. The molecule has 3 rings (SSSR count). The second kappa shape index (κ2) is 4.06. The summed E-state index contributed by atoms with van der Waals surface area (Å²) >= 11 is 0. The summed E-state index contributed by atoms with van der Waals surface area (Å²) in [4.78, 5) is 14.6. The Kier molecular flexibility index (Phi) is 2.40. The number of aromatic nitrogens is 1. The Labute approximate surface area is 102 Å². The molecule has 1 aromatic carbocycles. The number of fused-ring (bicyclic) bond motifs is 1. The molecule has 0 saturated heterocycles. The summed E-state index contributed by atoms with van der Waals surface area (Å²) in [6.45, 7) is 0.223. The number of hydrogen-bond acceptors (Lipinski definition) is 5. The highest BCUT2D eigenvalue weighted by Gasteiger charge is 2.15. The summed E-state index contributed by atoms with van der Waals surface area (Å²) in [6.07, 6.45) is 1.61. The molecular weight excluding hydrogens is 238 g/mol. The first-order chi connectivity index (χ1) is 8.72. The van der Waals surface area contributed by atoms with Crippen LogP contribution in [0.15, 0.2) is 28.8 Å². The Morgan fingerprint density at radius 2 is 2.17 bits per heavy atom. The molecule has 0 unspecified atom stereocenters. The number of ether oxygens (including phenoxy) is 2. The van der Waals surface area contributed by atoms with Gasteiger partial charge in [-0.3, -0.25) is 0 Å². The molecule has 0 saturated carbocycles. The molecule has 1 aliphatic heterocycles. The summed E-state index contributed by atoms with van der Waals surface area (Å²) in [5, 5.41) is 8.72. The molecule has 6 heteroatoms.